The molecular formula is C15H18N2O. The normalized spacial score (nSPS) is 26.8. The molecule has 0 bridgehead atoms. The van der Waals surface area contributed by atoms with Gasteiger partial charge in [-0.25, -0.2) is 5.43 Å². The van der Waals surface area contributed by atoms with Gasteiger partial charge in [-0.3, -0.25) is 4.79 Å². The lowest BCUT2D eigenvalue weighted by Gasteiger charge is -2.01. The van der Waals surface area contributed by atoms with Gasteiger partial charge >= 0.3 is 0 Å². The zero-order valence-electron chi connectivity index (χ0n) is 10.6. The van der Waals surface area contributed by atoms with Gasteiger partial charge < -0.3 is 0 Å². The Morgan fingerprint density at radius 3 is 2.67 bits per heavy atom. The molecule has 0 saturated heterocycles. The molecule has 18 heavy (non-hydrogen) atoms. The topological polar surface area (TPSA) is 41.5 Å². The average Bonchev–Trinajstić information content (AvgIpc) is 3.29. The molecule has 2 fully saturated rings. The van der Waals surface area contributed by atoms with Crippen LogP contribution in [0.25, 0.3) is 0 Å². The van der Waals surface area contributed by atoms with Crippen molar-refractivity contribution in [2.24, 2.45) is 16.9 Å². The number of carbonyl (C=O) groups excluding carboxylic acids is 1. The smallest absolute Gasteiger partial charge is 0.243 e. The first-order chi connectivity index (χ1) is 8.75. The van der Waals surface area contributed by atoms with Crippen LogP contribution in [0.2, 0.25) is 0 Å². The van der Waals surface area contributed by atoms with E-state index < -0.39 is 0 Å². The molecule has 1 N–H and O–H groups in total. The van der Waals surface area contributed by atoms with E-state index in [1.165, 1.54) is 18.4 Å². The summed E-state index contributed by atoms with van der Waals surface area (Å²) >= 11 is 0. The molecule has 0 unspecified atom stereocenters. The van der Waals surface area contributed by atoms with E-state index in [2.05, 4.69) is 22.7 Å². The summed E-state index contributed by atoms with van der Waals surface area (Å²) in [5.74, 6) is 1.20. The predicted octanol–water partition coefficient (Wildman–Crippen LogP) is 2.69. The Morgan fingerprint density at radius 2 is 2.00 bits per heavy atom. The van der Waals surface area contributed by atoms with E-state index in [0.717, 1.165) is 12.1 Å². The first kappa shape index (κ1) is 11.5. The SMILES string of the molecule is C/C(=N\NC(=O)[C@@H]1C[C@@H]1c1ccccc1)C1CC1. The van der Waals surface area contributed by atoms with Crippen molar-refractivity contribution >= 4 is 11.6 Å². The van der Waals surface area contributed by atoms with Gasteiger partial charge in [-0.15, -0.1) is 0 Å². The van der Waals surface area contributed by atoms with Gasteiger partial charge in [0.05, 0.1) is 0 Å². The van der Waals surface area contributed by atoms with Crippen LogP contribution < -0.4 is 5.43 Å². The summed E-state index contributed by atoms with van der Waals surface area (Å²) < 4.78 is 0. The fourth-order valence-corrected chi connectivity index (χ4v) is 2.37. The third-order valence-electron chi connectivity index (χ3n) is 3.87. The summed E-state index contributed by atoms with van der Waals surface area (Å²) in [4.78, 5) is 11.9. The lowest BCUT2D eigenvalue weighted by Crippen LogP contribution is -2.21. The number of amides is 1. The molecule has 3 rings (SSSR count). The number of hydrogen-bond donors (Lipinski definition) is 1. The monoisotopic (exact) mass is 242 g/mol. The number of nitrogens with one attached hydrogen (secondary N) is 1. The highest BCUT2D eigenvalue weighted by Crippen LogP contribution is 2.47. The van der Waals surface area contributed by atoms with E-state index in [-0.39, 0.29) is 11.8 Å². The maximum atomic E-state index is 11.9. The third-order valence-corrected chi connectivity index (χ3v) is 3.87. The second-order valence-electron chi connectivity index (χ2n) is 5.36. The second-order valence-corrected chi connectivity index (χ2v) is 5.36. The maximum Gasteiger partial charge on any atom is 0.243 e. The van der Waals surface area contributed by atoms with E-state index in [1.54, 1.807) is 0 Å². The average molecular weight is 242 g/mol. The molecule has 3 heteroatoms. The van der Waals surface area contributed by atoms with Gasteiger partial charge in [0.15, 0.2) is 0 Å². The van der Waals surface area contributed by atoms with Gasteiger partial charge in [-0.1, -0.05) is 30.3 Å². The fourth-order valence-electron chi connectivity index (χ4n) is 2.37. The molecule has 94 valence electrons. The van der Waals surface area contributed by atoms with Crippen LogP contribution in [0.15, 0.2) is 35.4 Å². The van der Waals surface area contributed by atoms with Gasteiger partial charge in [0.25, 0.3) is 0 Å². The van der Waals surface area contributed by atoms with Crippen molar-refractivity contribution < 1.29 is 4.79 Å². The van der Waals surface area contributed by atoms with Gasteiger partial charge in [0.2, 0.25) is 5.91 Å². The lowest BCUT2D eigenvalue weighted by molar-refractivity contribution is -0.122. The Hall–Kier alpha value is -1.64. The number of nitrogens with zero attached hydrogens (tertiary/aromatic N) is 1. The molecular weight excluding hydrogens is 224 g/mol. The third kappa shape index (κ3) is 2.45. The van der Waals surface area contributed by atoms with Gasteiger partial charge in [0.1, 0.15) is 0 Å². The van der Waals surface area contributed by atoms with Crippen molar-refractivity contribution in [3.63, 3.8) is 0 Å². The van der Waals surface area contributed by atoms with Gasteiger partial charge in [-0.05, 0) is 43.6 Å². The van der Waals surface area contributed by atoms with Crippen LogP contribution in [0, 0.1) is 11.8 Å². The highest BCUT2D eigenvalue weighted by Gasteiger charge is 2.43. The summed E-state index contributed by atoms with van der Waals surface area (Å²) in [6, 6.07) is 10.2. The molecule has 0 aliphatic heterocycles. The van der Waals surface area contributed by atoms with Crippen molar-refractivity contribution in [3.05, 3.63) is 35.9 Å². The molecule has 1 aromatic carbocycles. The molecule has 2 aliphatic carbocycles. The van der Waals surface area contributed by atoms with Crippen molar-refractivity contribution in [2.45, 2.75) is 32.1 Å². The molecule has 0 radical (unpaired) electrons. The number of carbonyl (C=O) groups is 1. The standard InChI is InChI=1S/C15H18N2O/c1-10(11-7-8-11)16-17-15(18)14-9-13(14)12-5-3-2-4-6-12/h2-6,11,13-14H,7-9H2,1H3,(H,17,18)/b16-10+/t13-,14-/m1/s1. The molecule has 0 aromatic heterocycles. The predicted molar refractivity (Wildman–Crippen MR) is 71.3 cm³/mol. The summed E-state index contributed by atoms with van der Waals surface area (Å²) in [7, 11) is 0. The van der Waals surface area contributed by atoms with Crippen LogP contribution in [0.4, 0.5) is 0 Å². The van der Waals surface area contributed by atoms with Crippen LogP contribution in [0.3, 0.4) is 0 Å². The summed E-state index contributed by atoms with van der Waals surface area (Å²) in [6.07, 6.45) is 3.40. The zero-order chi connectivity index (χ0) is 12.5. The van der Waals surface area contributed by atoms with Crippen LogP contribution in [-0.4, -0.2) is 11.6 Å². The van der Waals surface area contributed by atoms with Crippen LogP contribution in [0.5, 0.6) is 0 Å². The molecule has 0 spiro atoms. The minimum absolute atomic E-state index is 0.0730. The molecule has 2 atom stereocenters. The largest absolute Gasteiger partial charge is 0.273 e. The Bertz CT molecular complexity index is 477. The van der Waals surface area contributed by atoms with Crippen molar-refractivity contribution in [1.29, 1.82) is 0 Å². The molecule has 1 amide bonds. The Balaban J connectivity index is 1.54. The fraction of sp³-hybridized carbons (Fsp3) is 0.467. The van der Waals surface area contributed by atoms with Crippen molar-refractivity contribution in [2.75, 3.05) is 0 Å². The highest BCUT2D eigenvalue weighted by molar-refractivity contribution is 5.89. The Morgan fingerprint density at radius 1 is 1.28 bits per heavy atom. The number of hydrazone groups is 1. The van der Waals surface area contributed by atoms with Crippen molar-refractivity contribution in [1.82, 2.24) is 5.43 Å². The van der Waals surface area contributed by atoms with Crippen molar-refractivity contribution in [3.8, 4) is 0 Å². The minimum Gasteiger partial charge on any atom is -0.273 e. The number of hydrogen-bond acceptors (Lipinski definition) is 2. The summed E-state index contributed by atoms with van der Waals surface area (Å²) in [6.45, 7) is 2.00. The molecule has 3 nitrogen and oxygen atoms in total. The highest BCUT2D eigenvalue weighted by atomic mass is 16.2. The number of rotatable bonds is 4. The first-order valence-corrected chi connectivity index (χ1v) is 6.64. The Labute approximate surface area is 107 Å². The molecule has 0 heterocycles. The van der Waals surface area contributed by atoms with E-state index in [0.29, 0.717) is 11.8 Å². The second kappa shape index (κ2) is 4.56. The summed E-state index contributed by atoms with van der Waals surface area (Å²) in [5, 5.41) is 4.19. The van der Waals surface area contributed by atoms with Gasteiger partial charge in [0, 0.05) is 11.6 Å². The first-order valence-electron chi connectivity index (χ1n) is 6.64. The Kier molecular flexibility index (Phi) is 2.90. The van der Waals surface area contributed by atoms with E-state index >= 15 is 0 Å². The quantitative estimate of drug-likeness (QED) is 0.640. The van der Waals surface area contributed by atoms with Gasteiger partial charge in [-0.2, -0.15) is 5.10 Å². The van der Waals surface area contributed by atoms with Crippen LogP contribution in [-0.2, 0) is 4.79 Å². The molecule has 2 saturated carbocycles. The zero-order valence-corrected chi connectivity index (χ0v) is 10.6. The lowest BCUT2D eigenvalue weighted by atomic mass is 10.1. The van der Waals surface area contributed by atoms with Crippen LogP contribution in [0.1, 0.15) is 37.7 Å². The summed E-state index contributed by atoms with van der Waals surface area (Å²) in [5.41, 5.74) is 5.05. The van der Waals surface area contributed by atoms with E-state index in [1.807, 2.05) is 25.1 Å². The minimum atomic E-state index is 0.0730. The van der Waals surface area contributed by atoms with E-state index in [4.69, 9.17) is 0 Å². The van der Waals surface area contributed by atoms with E-state index in [9.17, 15) is 4.79 Å². The number of benzene rings is 1. The molecule has 1 aromatic rings. The van der Waals surface area contributed by atoms with Crippen LogP contribution >= 0.6 is 0 Å². The maximum absolute atomic E-state index is 11.9. The molecule has 2 aliphatic rings.